The van der Waals surface area contributed by atoms with Crippen molar-refractivity contribution in [2.75, 3.05) is 4.72 Å². The Bertz CT molecular complexity index is 788. The Labute approximate surface area is 135 Å². The van der Waals surface area contributed by atoms with E-state index >= 15 is 0 Å². The van der Waals surface area contributed by atoms with Gasteiger partial charge in [0.05, 0.1) is 15.5 Å². The molecule has 6 nitrogen and oxygen atoms in total. The molecule has 0 aliphatic rings. The Balaban J connectivity index is 2.38. The molecule has 2 aromatic rings. The normalized spacial score (nSPS) is 11.1. The van der Waals surface area contributed by atoms with Crippen LogP contribution in [0.4, 0.5) is 11.4 Å². The SMILES string of the molecule is Cc1ccc(S(=O)(=O)Nc2cc([N+](=O)[O-])ccc2I)cc1. The Morgan fingerprint density at radius 3 is 2.33 bits per heavy atom. The van der Waals surface area contributed by atoms with Gasteiger partial charge in [-0.25, -0.2) is 8.42 Å². The summed E-state index contributed by atoms with van der Waals surface area (Å²) in [6.07, 6.45) is 0. The van der Waals surface area contributed by atoms with Crippen molar-refractivity contribution in [1.29, 1.82) is 0 Å². The molecule has 0 fully saturated rings. The molecule has 0 unspecified atom stereocenters. The first kappa shape index (κ1) is 15.7. The smallest absolute Gasteiger partial charge is 0.271 e. The van der Waals surface area contributed by atoms with Gasteiger partial charge in [0.2, 0.25) is 0 Å². The maximum Gasteiger partial charge on any atom is 0.271 e. The molecule has 0 atom stereocenters. The molecule has 0 heterocycles. The third kappa shape index (κ3) is 3.70. The molecular formula is C13H11IN2O4S. The largest absolute Gasteiger partial charge is 0.278 e. The molecule has 0 bridgehead atoms. The number of benzene rings is 2. The van der Waals surface area contributed by atoms with Gasteiger partial charge in [-0.15, -0.1) is 0 Å². The summed E-state index contributed by atoms with van der Waals surface area (Å²) < 4.78 is 27.5. The van der Waals surface area contributed by atoms with E-state index in [2.05, 4.69) is 4.72 Å². The van der Waals surface area contributed by atoms with Gasteiger partial charge in [0.1, 0.15) is 0 Å². The quantitative estimate of drug-likeness (QED) is 0.469. The van der Waals surface area contributed by atoms with Crippen molar-refractivity contribution < 1.29 is 13.3 Å². The molecule has 2 rings (SSSR count). The zero-order valence-corrected chi connectivity index (χ0v) is 13.9. The Morgan fingerprint density at radius 1 is 1.14 bits per heavy atom. The van der Waals surface area contributed by atoms with Gasteiger partial charge in [-0.2, -0.15) is 0 Å². The number of halogens is 1. The van der Waals surface area contributed by atoms with Crippen molar-refractivity contribution in [1.82, 2.24) is 0 Å². The van der Waals surface area contributed by atoms with Crippen molar-refractivity contribution >= 4 is 44.0 Å². The standard InChI is InChI=1S/C13H11IN2O4S/c1-9-2-5-11(6-3-9)21(19,20)15-13-8-10(16(17)18)4-7-12(13)14/h2-8,15H,1H3. The predicted molar refractivity (Wildman–Crippen MR) is 87.8 cm³/mol. The van der Waals surface area contributed by atoms with Crippen molar-refractivity contribution in [3.63, 3.8) is 0 Å². The minimum absolute atomic E-state index is 0.107. The average Bonchev–Trinajstić information content (AvgIpc) is 2.41. The fraction of sp³-hybridized carbons (Fsp3) is 0.0769. The van der Waals surface area contributed by atoms with Crippen LogP contribution in [0, 0.1) is 20.6 Å². The number of nitrogens with zero attached hydrogens (tertiary/aromatic N) is 1. The van der Waals surface area contributed by atoms with Crippen LogP contribution < -0.4 is 4.72 Å². The predicted octanol–water partition coefficient (Wildman–Crippen LogP) is 3.31. The van der Waals surface area contributed by atoms with Gasteiger partial charge in [-0.05, 0) is 47.7 Å². The maximum absolute atomic E-state index is 12.3. The number of hydrogen-bond acceptors (Lipinski definition) is 4. The molecule has 21 heavy (non-hydrogen) atoms. The van der Waals surface area contributed by atoms with E-state index in [-0.39, 0.29) is 16.3 Å². The summed E-state index contributed by atoms with van der Waals surface area (Å²) in [7, 11) is -3.77. The molecule has 0 aliphatic heterocycles. The van der Waals surface area contributed by atoms with Crippen LogP contribution in [-0.2, 0) is 10.0 Å². The van der Waals surface area contributed by atoms with Crippen LogP contribution >= 0.6 is 22.6 Å². The molecule has 0 saturated carbocycles. The van der Waals surface area contributed by atoms with Crippen LogP contribution in [0.3, 0.4) is 0 Å². The van der Waals surface area contributed by atoms with E-state index in [9.17, 15) is 18.5 Å². The minimum Gasteiger partial charge on any atom is -0.278 e. The van der Waals surface area contributed by atoms with E-state index < -0.39 is 14.9 Å². The molecule has 8 heteroatoms. The molecule has 1 N–H and O–H groups in total. The van der Waals surface area contributed by atoms with E-state index in [1.807, 2.05) is 29.5 Å². The first-order valence-electron chi connectivity index (χ1n) is 5.83. The number of non-ortho nitro benzene ring substituents is 1. The van der Waals surface area contributed by atoms with Gasteiger partial charge in [0.25, 0.3) is 15.7 Å². The minimum atomic E-state index is -3.77. The first-order chi connectivity index (χ1) is 9.79. The zero-order valence-electron chi connectivity index (χ0n) is 10.9. The highest BCUT2D eigenvalue weighted by atomic mass is 127. The zero-order chi connectivity index (χ0) is 15.6. The van der Waals surface area contributed by atoms with Gasteiger partial charge >= 0.3 is 0 Å². The van der Waals surface area contributed by atoms with Gasteiger partial charge in [-0.1, -0.05) is 17.7 Å². The Morgan fingerprint density at radius 2 is 1.76 bits per heavy atom. The second-order valence-electron chi connectivity index (χ2n) is 4.34. The lowest BCUT2D eigenvalue weighted by molar-refractivity contribution is -0.384. The number of nitro groups is 1. The van der Waals surface area contributed by atoms with Crippen molar-refractivity contribution in [3.8, 4) is 0 Å². The van der Waals surface area contributed by atoms with Crippen LogP contribution in [0.2, 0.25) is 0 Å². The number of sulfonamides is 1. The number of hydrogen-bond donors (Lipinski definition) is 1. The summed E-state index contributed by atoms with van der Waals surface area (Å²) in [5, 5.41) is 10.8. The monoisotopic (exact) mass is 418 g/mol. The van der Waals surface area contributed by atoms with Crippen molar-refractivity contribution in [3.05, 3.63) is 61.7 Å². The second-order valence-corrected chi connectivity index (χ2v) is 7.18. The highest BCUT2D eigenvalue weighted by Gasteiger charge is 2.17. The average molecular weight is 418 g/mol. The highest BCUT2D eigenvalue weighted by molar-refractivity contribution is 14.1. The summed E-state index contributed by atoms with van der Waals surface area (Å²) in [5.41, 5.74) is 0.960. The highest BCUT2D eigenvalue weighted by Crippen LogP contribution is 2.26. The van der Waals surface area contributed by atoms with Crippen LogP contribution in [-0.4, -0.2) is 13.3 Å². The van der Waals surface area contributed by atoms with Crippen LogP contribution in [0.25, 0.3) is 0 Å². The summed E-state index contributed by atoms with van der Waals surface area (Å²) in [5.74, 6) is 0. The summed E-state index contributed by atoms with van der Waals surface area (Å²) >= 11 is 1.92. The topological polar surface area (TPSA) is 89.3 Å². The van der Waals surface area contributed by atoms with Crippen molar-refractivity contribution in [2.24, 2.45) is 0 Å². The van der Waals surface area contributed by atoms with E-state index in [0.717, 1.165) is 5.56 Å². The lowest BCUT2D eigenvalue weighted by atomic mass is 10.2. The lowest BCUT2D eigenvalue weighted by Crippen LogP contribution is -2.14. The third-order valence-corrected chi connectivity index (χ3v) is 5.06. The van der Waals surface area contributed by atoms with Crippen LogP contribution in [0.5, 0.6) is 0 Å². The van der Waals surface area contributed by atoms with Crippen molar-refractivity contribution in [2.45, 2.75) is 11.8 Å². The molecule has 0 aliphatic carbocycles. The summed E-state index contributed by atoms with van der Waals surface area (Å²) in [6, 6.07) is 10.4. The van der Waals surface area contributed by atoms with E-state index in [4.69, 9.17) is 0 Å². The fourth-order valence-electron chi connectivity index (χ4n) is 1.63. The molecule has 0 spiro atoms. The van der Waals surface area contributed by atoms with E-state index in [1.165, 1.54) is 30.3 Å². The summed E-state index contributed by atoms with van der Waals surface area (Å²) in [4.78, 5) is 10.3. The van der Waals surface area contributed by atoms with Gasteiger partial charge < -0.3 is 0 Å². The molecule has 2 aromatic carbocycles. The molecule has 0 aromatic heterocycles. The first-order valence-corrected chi connectivity index (χ1v) is 8.39. The summed E-state index contributed by atoms with van der Waals surface area (Å²) in [6.45, 7) is 1.85. The van der Waals surface area contributed by atoms with E-state index in [0.29, 0.717) is 3.57 Å². The van der Waals surface area contributed by atoms with Crippen LogP contribution in [0.15, 0.2) is 47.4 Å². The number of anilines is 1. The van der Waals surface area contributed by atoms with Gasteiger partial charge in [0.15, 0.2) is 0 Å². The van der Waals surface area contributed by atoms with Gasteiger partial charge in [0, 0.05) is 15.7 Å². The molecule has 0 amide bonds. The number of rotatable bonds is 4. The number of aryl methyl sites for hydroxylation is 1. The molecule has 110 valence electrons. The number of nitro benzene ring substituents is 1. The van der Waals surface area contributed by atoms with E-state index in [1.54, 1.807) is 12.1 Å². The maximum atomic E-state index is 12.3. The lowest BCUT2D eigenvalue weighted by Gasteiger charge is -2.10. The number of nitrogens with one attached hydrogen (secondary N) is 1. The third-order valence-electron chi connectivity index (χ3n) is 2.74. The second kappa shape index (κ2) is 5.98. The fourth-order valence-corrected chi connectivity index (χ4v) is 3.35. The Hall–Kier alpha value is -1.68. The van der Waals surface area contributed by atoms with Crippen LogP contribution in [0.1, 0.15) is 5.56 Å². The Kier molecular flexibility index (Phi) is 4.47. The van der Waals surface area contributed by atoms with Gasteiger partial charge in [-0.3, -0.25) is 14.8 Å². The molecule has 0 saturated heterocycles. The molecule has 0 radical (unpaired) electrons. The molecular weight excluding hydrogens is 407 g/mol.